The molecule has 0 saturated carbocycles. The molecule has 0 unspecified atom stereocenters. The third-order valence-electron chi connectivity index (χ3n) is 2.45. The van der Waals surface area contributed by atoms with Crippen molar-refractivity contribution in [2.45, 2.75) is 26.1 Å². The number of rotatable bonds is 4. The van der Waals surface area contributed by atoms with Crippen LogP contribution in [-0.4, -0.2) is 29.7 Å². The van der Waals surface area contributed by atoms with Gasteiger partial charge in [-0.3, -0.25) is 4.79 Å². The zero-order valence-electron chi connectivity index (χ0n) is 10.5. The molecule has 0 spiro atoms. The van der Waals surface area contributed by atoms with Crippen LogP contribution in [0.25, 0.3) is 0 Å². The average Bonchev–Trinajstić information content (AvgIpc) is 2.24. The van der Waals surface area contributed by atoms with Gasteiger partial charge in [0.05, 0.1) is 17.4 Å². The van der Waals surface area contributed by atoms with Crippen LogP contribution in [-0.2, 0) is 0 Å². The number of carbonyl (C=O) groups is 1. The molecular weight excluding hydrogens is 261 g/mol. The van der Waals surface area contributed by atoms with Crippen molar-refractivity contribution >= 4 is 17.4 Å². The van der Waals surface area contributed by atoms with Crippen LogP contribution in [0.2, 0.25) is 0 Å². The molecule has 0 aromatic carbocycles. The summed E-state index contributed by atoms with van der Waals surface area (Å²) in [5, 5.41) is 0. The molecule has 0 atom stereocenters. The van der Waals surface area contributed by atoms with E-state index in [4.69, 9.17) is 11.5 Å². The molecule has 1 amide bonds. The number of amides is 1. The van der Waals surface area contributed by atoms with E-state index in [0.29, 0.717) is 0 Å². The highest BCUT2D eigenvalue weighted by atomic mass is 19.4. The molecule has 8 heteroatoms. The Labute approximate surface area is 108 Å². The first kappa shape index (κ1) is 15.1. The van der Waals surface area contributed by atoms with Gasteiger partial charge in [0, 0.05) is 6.04 Å². The third kappa shape index (κ3) is 4.01. The summed E-state index contributed by atoms with van der Waals surface area (Å²) in [5.41, 5.74) is 10.5. The van der Waals surface area contributed by atoms with Crippen LogP contribution >= 0.6 is 0 Å². The Balaban J connectivity index is 3.27. The van der Waals surface area contributed by atoms with E-state index < -0.39 is 24.7 Å². The van der Waals surface area contributed by atoms with Crippen LogP contribution in [0.15, 0.2) is 12.3 Å². The summed E-state index contributed by atoms with van der Waals surface area (Å²) in [4.78, 5) is 16.0. The van der Waals surface area contributed by atoms with Crippen LogP contribution < -0.4 is 16.4 Å². The Kier molecular flexibility index (Phi) is 4.23. The van der Waals surface area contributed by atoms with Crippen LogP contribution in [0.5, 0.6) is 0 Å². The Morgan fingerprint density at radius 1 is 1.47 bits per heavy atom. The molecule has 1 heterocycles. The fraction of sp³-hybridized carbons (Fsp3) is 0.455. The number of carbonyl (C=O) groups excluding carboxylic acids is 1. The Hall–Kier alpha value is -1.99. The molecule has 0 fully saturated rings. The quantitative estimate of drug-likeness (QED) is 0.873. The summed E-state index contributed by atoms with van der Waals surface area (Å²) in [6.07, 6.45) is -3.28. The van der Waals surface area contributed by atoms with E-state index in [2.05, 4.69) is 4.98 Å². The molecule has 106 valence electrons. The zero-order chi connectivity index (χ0) is 14.8. The minimum absolute atomic E-state index is 0.0215. The molecule has 0 aliphatic carbocycles. The van der Waals surface area contributed by atoms with Gasteiger partial charge in [-0.2, -0.15) is 13.2 Å². The smallest absolute Gasteiger partial charge is 0.384 e. The van der Waals surface area contributed by atoms with Crippen molar-refractivity contribution in [1.29, 1.82) is 0 Å². The molecule has 19 heavy (non-hydrogen) atoms. The maximum absolute atomic E-state index is 12.6. The predicted octanol–water partition coefficient (Wildman–Crippen LogP) is 1.54. The SMILES string of the molecule is CC(C)N(CC(F)(F)F)c1cnc(N)cc1C(N)=O. The van der Waals surface area contributed by atoms with Crippen molar-refractivity contribution in [3.8, 4) is 0 Å². The van der Waals surface area contributed by atoms with E-state index in [1.807, 2.05) is 0 Å². The van der Waals surface area contributed by atoms with Gasteiger partial charge in [-0.25, -0.2) is 4.98 Å². The van der Waals surface area contributed by atoms with Crippen molar-refractivity contribution in [3.05, 3.63) is 17.8 Å². The number of nitrogens with zero attached hydrogens (tertiary/aromatic N) is 2. The Bertz CT molecular complexity index is 473. The van der Waals surface area contributed by atoms with Crippen molar-refractivity contribution in [2.75, 3.05) is 17.2 Å². The van der Waals surface area contributed by atoms with Crippen LogP contribution in [0.4, 0.5) is 24.7 Å². The van der Waals surface area contributed by atoms with E-state index >= 15 is 0 Å². The zero-order valence-corrected chi connectivity index (χ0v) is 10.5. The fourth-order valence-electron chi connectivity index (χ4n) is 1.63. The van der Waals surface area contributed by atoms with Gasteiger partial charge in [-0.1, -0.05) is 0 Å². The van der Waals surface area contributed by atoms with Gasteiger partial charge < -0.3 is 16.4 Å². The highest BCUT2D eigenvalue weighted by Crippen LogP contribution is 2.27. The number of alkyl halides is 3. The molecule has 0 aliphatic heterocycles. The standard InChI is InChI=1S/C11H15F3N4O/c1-6(2)18(5-11(12,13)14)8-4-17-9(15)3-7(8)10(16)19/h3-4,6H,5H2,1-2H3,(H2,15,17)(H2,16,19). The molecule has 0 saturated heterocycles. The van der Waals surface area contributed by atoms with Gasteiger partial charge in [0.2, 0.25) is 0 Å². The van der Waals surface area contributed by atoms with Crippen molar-refractivity contribution in [3.63, 3.8) is 0 Å². The summed E-state index contributed by atoms with van der Waals surface area (Å²) in [6.45, 7) is 1.95. The summed E-state index contributed by atoms with van der Waals surface area (Å²) in [6, 6.07) is 0.689. The molecule has 0 radical (unpaired) electrons. The topological polar surface area (TPSA) is 85.2 Å². The van der Waals surface area contributed by atoms with Gasteiger partial charge in [0.1, 0.15) is 12.4 Å². The average molecular weight is 276 g/mol. The number of pyridine rings is 1. The second-order valence-electron chi connectivity index (χ2n) is 4.33. The number of nitrogens with two attached hydrogens (primary N) is 2. The van der Waals surface area contributed by atoms with Gasteiger partial charge in [-0.05, 0) is 19.9 Å². The second kappa shape index (κ2) is 5.33. The second-order valence-corrected chi connectivity index (χ2v) is 4.33. The highest BCUT2D eigenvalue weighted by Gasteiger charge is 2.33. The molecule has 4 N–H and O–H groups in total. The van der Waals surface area contributed by atoms with Crippen molar-refractivity contribution in [2.24, 2.45) is 5.73 Å². The lowest BCUT2D eigenvalue weighted by Gasteiger charge is -2.30. The lowest BCUT2D eigenvalue weighted by Crippen LogP contribution is -2.40. The lowest BCUT2D eigenvalue weighted by molar-refractivity contribution is -0.120. The Morgan fingerprint density at radius 3 is 2.47 bits per heavy atom. The van der Waals surface area contributed by atoms with E-state index in [-0.39, 0.29) is 17.1 Å². The van der Waals surface area contributed by atoms with Crippen LogP contribution in [0.1, 0.15) is 24.2 Å². The van der Waals surface area contributed by atoms with Gasteiger partial charge in [0.15, 0.2) is 0 Å². The molecular formula is C11H15F3N4O. The molecule has 1 rings (SSSR count). The third-order valence-corrected chi connectivity index (χ3v) is 2.45. The van der Waals surface area contributed by atoms with Gasteiger partial charge >= 0.3 is 6.18 Å². The number of anilines is 2. The number of primary amides is 1. The molecule has 0 aliphatic rings. The monoisotopic (exact) mass is 276 g/mol. The van der Waals surface area contributed by atoms with E-state index in [9.17, 15) is 18.0 Å². The summed E-state index contributed by atoms with van der Waals surface area (Å²) < 4.78 is 37.7. The van der Waals surface area contributed by atoms with E-state index in [1.54, 1.807) is 13.8 Å². The minimum atomic E-state index is -4.40. The number of halogens is 3. The first-order valence-corrected chi connectivity index (χ1v) is 5.50. The summed E-state index contributed by atoms with van der Waals surface area (Å²) >= 11 is 0. The molecule has 1 aromatic rings. The van der Waals surface area contributed by atoms with E-state index in [1.165, 1.54) is 6.07 Å². The highest BCUT2D eigenvalue weighted by molar-refractivity contribution is 5.99. The first-order valence-electron chi connectivity index (χ1n) is 5.50. The summed E-state index contributed by atoms with van der Waals surface area (Å²) in [5.74, 6) is -0.829. The number of hydrogen-bond donors (Lipinski definition) is 2. The number of nitrogen functional groups attached to an aromatic ring is 1. The molecule has 1 aromatic heterocycles. The van der Waals surface area contributed by atoms with Crippen molar-refractivity contribution in [1.82, 2.24) is 4.98 Å². The van der Waals surface area contributed by atoms with Gasteiger partial charge in [0.25, 0.3) is 5.91 Å². The van der Waals surface area contributed by atoms with Crippen LogP contribution in [0.3, 0.4) is 0 Å². The predicted molar refractivity (Wildman–Crippen MR) is 65.7 cm³/mol. The lowest BCUT2D eigenvalue weighted by atomic mass is 10.1. The Morgan fingerprint density at radius 2 is 2.05 bits per heavy atom. The number of aromatic nitrogens is 1. The molecule has 0 bridgehead atoms. The first-order chi connectivity index (χ1) is 8.61. The normalized spacial score (nSPS) is 11.7. The van der Waals surface area contributed by atoms with Crippen molar-refractivity contribution < 1.29 is 18.0 Å². The summed E-state index contributed by atoms with van der Waals surface area (Å²) in [7, 11) is 0. The number of hydrogen-bond acceptors (Lipinski definition) is 4. The van der Waals surface area contributed by atoms with Crippen LogP contribution in [0, 0.1) is 0 Å². The fourth-order valence-corrected chi connectivity index (χ4v) is 1.63. The maximum Gasteiger partial charge on any atom is 0.405 e. The van der Waals surface area contributed by atoms with Gasteiger partial charge in [-0.15, -0.1) is 0 Å². The minimum Gasteiger partial charge on any atom is -0.384 e. The maximum atomic E-state index is 12.6. The largest absolute Gasteiger partial charge is 0.405 e. The molecule has 5 nitrogen and oxygen atoms in total. The van der Waals surface area contributed by atoms with E-state index in [0.717, 1.165) is 11.1 Å².